The van der Waals surface area contributed by atoms with Crippen LogP contribution in [0.5, 0.6) is 17.2 Å². The molecule has 0 aliphatic carbocycles. The van der Waals surface area contributed by atoms with Crippen LogP contribution in [-0.2, 0) is 9.59 Å². The number of halogens is 1. The molecule has 8 heteroatoms. The molecule has 3 aromatic carbocycles. The standard InChI is InChI=1S/C26H23FN2O5/c1-4-34-21-8-6-5-7-20(21)29-25(30)23(16-9-11-17(27)12-10-16)24(26(29)31)28-19-14-13-18(32-2)15-22(19)33-3/h5-15,28H,4H2,1-3H3. The lowest BCUT2D eigenvalue weighted by atomic mass is 10.0. The second-order valence-electron chi connectivity index (χ2n) is 7.29. The van der Waals surface area contributed by atoms with Crippen LogP contribution in [0.25, 0.3) is 5.57 Å². The molecule has 1 aliphatic heterocycles. The summed E-state index contributed by atoms with van der Waals surface area (Å²) in [6.45, 7) is 2.18. The predicted octanol–water partition coefficient (Wildman–Crippen LogP) is 4.64. The number of nitrogens with one attached hydrogen (secondary N) is 1. The topological polar surface area (TPSA) is 77.1 Å². The zero-order chi connectivity index (χ0) is 24.2. The molecule has 0 saturated heterocycles. The highest BCUT2D eigenvalue weighted by Crippen LogP contribution is 2.39. The molecule has 2 amide bonds. The Hall–Kier alpha value is -4.33. The predicted molar refractivity (Wildman–Crippen MR) is 127 cm³/mol. The lowest BCUT2D eigenvalue weighted by molar-refractivity contribution is -0.120. The van der Waals surface area contributed by atoms with Crippen LogP contribution in [0.4, 0.5) is 15.8 Å². The summed E-state index contributed by atoms with van der Waals surface area (Å²) in [6.07, 6.45) is 0. The van der Waals surface area contributed by atoms with Crippen molar-refractivity contribution >= 4 is 28.8 Å². The number of para-hydroxylation sites is 2. The lowest BCUT2D eigenvalue weighted by Crippen LogP contribution is -2.32. The summed E-state index contributed by atoms with van der Waals surface area (Å²) in [5.74, 6) is -0.206. The Labute approximate surface area is 196 Å². The molecule has 1 N–H and O–H groups in total. The third-order valence-corrected chi connectivity index (χ3v) is 5.29. The van der Waals surface area contributed by atoms with Gasteiger partial charge in [-0.1, -0.05) is 24.3 Å². The Kier molecular flexibility index (Phi) is 6.49. The summed E-state index contributed by atoms with van der Waals surface area (Å²) >= 11 is 0. The van der Waals surface area contributed by atoms with E-state index in [-0.39, 0.29) is 11.3 Å². The second kappa shape index (κ2) is 9.66. The average molecular weight is 462 g/mol. The van der Waals surface area contributed by atoms with Crippen molar-refractivity contribution in [3.05, 3.63) is 83.8 Å². The van der Waals surface area contributed by atoms with Crippen LogP contribution in [0, 0.1) is 5.82 Å². The van der Waals surface area contributed by atoms with Crippen molar-refractivity contribution in [1.29, 1.82) is 0 Å². The highest BCUT2D eigenvalue weighted by molar-refractivity contribution is 6.46. The molecule has 0 unspecified atom stereocenters. The molecule has 174 valence electrons. The highest BCUT2D eigenvalue weighted by atomic mass is 19.1. The molecule has 0 fully saturated rings. The van der Waals surface area contributed by atoms with E-state index < -0.39 is 17.6 Å². The second-order valence-corrected chi connectivity index (χ2v) is 7.29. The third kappa shape index (κ3) is 4.17. The molecular weight excluding hydrogens is 439 g/mol. The Balaban J connectivity index is 1.84. The summed E-state index contributed by atoms with van der Waals surface area (Å²) in [4.78, 5) is 28.3. The van der Waals surface area contributed by atoms with Gasteiger partial charge in [0.1, 0.15) is 28.8 Å². The Bertz CT molecular complexity index is 1270. The van der Waals surface area contributed by atoms with E-state index in [2.05, 4.69) is 5.32 Å². The van der Waals surface area contributed by atoms with Gasteiger partial charge in [0.2, 0.25) is 0 Å². The summed E-state index contributed by atoms with van der Waals surface area (Å²) in [5, 5.41) is 3.06. The molecule has 34 heavy (non-hydrogen) atoms. The van der Waals surface area contributed by atoms with Gasteiger partial charge in [0.05, 0.1) is 37.8 Å². The van der Waals surface area contributed by atoms with Gasteiger partial charge in [-0.2, -0.15) is 0 Å². The number of anilines is 2. The maximum absolute atomic E-state index is 13.6. The number of imide groups is 1. The smallest absolute Gasteiger partial charge is 0.282 e. The van der Waals surface area contributed by atoms with Gasteiger partial charge in [-0.05, 0) is 48.9 Å². The summed E-state index contributed by atoms with van der Waals surface area (Å²) in [5.41, 5.74) is 1.31. The van der Waals surface area contributed by atoms with Gasteiger partial charge < -0.3 is 19.5 Å². The maximum atomic E-state index is 13.6. The van der Waals surface area contributed by atoms with E-state index in [0.717, 1.165) is 4.90 Å². The quantitative estimate of drug-likeness (QED) is 0.492. The highest BCUT2D eigenvalue weighted by Gasteiger charge is 2.41. The van der Waals surface area contributed by atoms with Gasteiger partial charge >= 0.3 is 0 Å². The van der Waals surface area contributed by atoms with E-state index in [4.69, 9.17) is 14.2 Å². The Morgan fingerprint density at radius 3 is 2.29 bits per heavy atom. The molecule has 1 heterocycles. The number of nitrogens with zero attached hydrogens (tertiary/aromatic N) is 1. The van der Waals surface area contributed by atoms with Gasteiger partial charge in [-0.25, -0.2) is 9.29 Å². The van der Waals surface area contributed by atoms with Crippen molar-refractivity contribution in [2.45, 2.75) is 6.92 Å². The third-order valence-electron chi connectivity index (χ3n) is 5.29. The molecule has 0 saturated carbocycles. The minimum Gasteiger partial charge on any atom is -0.497 e. The van der Waals surface area contributed by atoms with Crippen molar-refractivity contribution < 1.29 is 28.2 Å². The van der Waals surface area contributed by atoms with E-state index in [9.17, 15) is 14.0 Å². The van der Waals surface area contributed by atoms with Crippen LogP contribution >= 0.6 is 0 Å². The first-order chi connectivity index (χ1) is 16.5. The molecule has 0 bridgehead atoms. The van der Waals surface area contributed by atoms with E-state index in [0.29, 0.717) is 40.8 Å². The number of ether oxygens (including phenoxy) is 3. The Morgan fingerprint density at radius 1 is 0.882 bits per heavy atom. The average Bonchev–Trinajstić information content (AvgIpc) is 3.09. The van der Waals surface area contributed by atoms with Crippen molar-refractivity contribution in [2.75, 3.05) is 31.0 Å². The molecule has 7 nitrogen and oxygen atoms in total. The number of amides is 2. The van der Waals surface area contributed by atoms with Gasteiger partial charge in [-0.3, -0.25) is 9.59 Å². The van der Waals surface area contributed by atoms with E-state index in [1.807, 2.05) is 6.92 Å². The zero-order valence-electron chi connectivity index (χ0n) is 18.9. The van der Waals surface area contributed by atoms with Gasteiger partial charge in [0.25, 0.3) is 11.8 Å². The summed E-state index contributed by atoms with van der Waals surface area (Å²) < 4.78 is 29.9. The first kappa shape index (κ1) is 22.8. The molecule has 1 aliphatic rings. The van der Waals surface area contributed by atoms with Crippen LogP contribution in [0.1, 0.15) is 12.5 Å². The molecule has 0 radical (unpaired) electrons. The summed E-state index contributed by atoms with van der Waals surface area (Å²) in [7, 11) is 3.02. The van der Waals surface area contributed by atoms with Crippen LogP contribution in [0.2, 0.25) is 0 Å². The normalized spacial score (nSPS) is 13.4. The molecule has 0 atom stereocenters. The summed E-state index contributed by atoms with van der Waals surface area (Å²) in [6, 6.07) is 17.2. The number of methoxy groups -OCH3 is 2. The molecule has 0 aromatic heterocycles. The Morgan fingerprint density at radius 2 is 1.62 bits per heavy atom. The monoisotopic (exact) mass is 462 g/mol. The molecular formula is C26H23FN2O5. The molecule has 4 rings (SSSR count). The number of hydrogen-bond donors (Lipinski definition) is 1. The van der Waals surface area contributed by atoms with Crippen molar-refractivity contribution in [2.24, 2.45) is 0 Å². The van der Waals surface area contributed by atoms with Crippen molar-refractivity contribution in [3.63, 3.8) is 0 Å². The van der Waals surface area contributed by atoms with Gasteiger partial charge in [0, 0.05) is 6.07 Å². The lowest BCUT2D eigenvalue weighted by Gasteiger charge is -2.19. The number of carbonyl (C=O) groups excluding carboxylic acids is 2. The first-order valence-electron chi connectivity index (χ1n) is 10.6. The van der Waals surface area contributed by atoms with Crippen LogP contribution in [0.3, 0.4) is 0 Å². The SMILES string of the molecule is CCOc1ccccc1N1C(=O)C(Nc2ccc(OC)cc2OC)=C(c2ccc(F)cc2)C1=O. The zero-order valence-corrected chi connectivity index (χ0v) is 18.9. The van der Waals surface area contributed by atoms with Crippen molar-refractivity contribution in [3.8, 4) is 17.2 Å². The fourth-order valence-electron chi connectivity index (χ4n) is 3.70. The number of carbonyl (C=O) groups is 2. The molecule has 3 aromatic rings. The largest absolute Gasteiger partial charge is 0.497 e. The van der Waals surface area contributed by atoms with E-state index in [1.54, 1.807) is 42.5 Å². The van der Waals surface area contributed by atoms with E-state index in [1.165, 1.54) is 38.5 Å². The van der Waals surface area contributed by atoms with Gasteiger partial charge in [-0.15, -0.1) is 0 Å². The van der Waals surface area contributed by atoms with Crippen molar-refractivity contribution in [1.82, 2.24) is 0 Å². The number of hydrogen-bond acceptors (Lipinski definition) is 6. The van der Waals surface area contributed by atoms with Crippen LogP contribution in [-0.4, -0.2) is 32.6 Å². The fraction of sp³-hybridized carbons (Fsp3) is 0.154. The van der Waals surface area contributed by atoms with Crippen LogP contribution < -0.4 is 24.4 Å². The fourth-order valence-corrected chi connectivity index (χ4v) is 3.70. The minimum atomic E-state index is -0.575. The minimum absolute atomic E-state index is 0.0337. The molecule has 0 spiro atoms. The van der Waals surface area contributed by atoms with Crippen LogP contribution in [0.15, 0.2) is 72.4 Å². The van der Waals surface area contributed by atoms with E-state index >= 15 is 0 Å². The van der Waals surface area contributed by atoms with Gasteiger partial charge in [0.15, 0.2) is 0 Å². The first-order valence-corrected chi connectivity index (χ1v) is 10.6. The number of benzene rings is 3. The number of rotatable bonds is 8. The maximum Gasteiger partial charge on any atom is 0.282 e.